The SMILES string of the molecule is S=C(S)NCOc1ccc(Cl)cc1. The molecule has 0 aromatic heterocycles. The van der Waals surface area contributed by atoms with Crippen molar-refractivity contribution in [3.63, 3.8) is 0 Å². The Balaban J connectivity index is 2.37. The Morgan fingerprint density at radius 1 is 1.46 bits per heavy atom. The topological polar surface area (TPSA) is 21.3 Å². The highest BCUT2D eigenvalue weighted by Gasteiger charge is 1.92. The van der Waals surface area contributed by atoms with Crippen LogP contribution in [0.25, 0.3) is 0 Å². The number of halogens is 1. The second kappa shape index (κ2) is 5.32. The third kappa shape index (κ3) is 4.36. The number of hydrogen-bond donors (Lipinski definition) is 2. The van der Waals surface area contributed by atoms with E-state index in [0.717, 1.165) is 5.75 Å². The lowest BCUT2D eigenvalue weighted by atomic mass is 10.3. The highest BCUT2D eigenvalue weighted by atomic mass is 35.5. The molecule has 0 saturated carbocycles. The zero-order valence-corrected chi connectivity index (χ0v) is 9.13. The number of rotatable bonds is 3. The summed E-state index contributed by atoms with van der Waals surface area (Å²) in [5.74, 6) is 0.737. The molecule has 1 N–H and O–H groups in total. The van der Waals surface area contributed by atoms with Crippen LogP contribution < -0.4 is 10.1 Å². The molecule has 2 nitrogen and oxygen atoms in total. The van der Waals surface area contributed by atoms with Crippen LogP contribution in [0.2, 0.25) is 5.02 Å². The van der Waals surface area contributed by atoms with Gasteiger partial charge in [-0.25, -0.2) is 0 Å². The van der Waals surface area contributed by atoms with Crippen LogP contribution in [0.5, 0.6) is 5.75 Å². The van der Waals surface area contributed by atoms with Gasteiger partial charge in [0, 0.05) is 5.02 Å². The summed E-state index contributed by atoms with van der Waals surface area (Å²) in [6.07, 6.45) is 0. The van der Waals surface area contributed by atoms with Gasteiger partial charge in [0.25, 0.3) is 0 Å². The lowest BCUT2D eigenvalue weighted by Gasteiger charge is -2.06. The molecule has 0 atom stereocenters. The summed E-state index contributed by atoms with van der Waals surface area (Å²) in [5, 5.41) is 3.43. The number of thiol groups is 1. The summed E-state index contributed by atoms with van der Waals surface area (Å²) in [6, 6.07) is 7.09. The predicted molar refractivity (Wildman–Crippen MR) is 61.7 cm³/mol. The summed E-state index contributed by atoms with van der Waals surface area (Å²) in [6.45, 7) is 0.309. The highest BCUT2D eigenvalue weighted by Crippen LogP contribution is 2.14. The van der Waals surface area contributed by atoms with Crippen molar-refractivity contribution in [3.8, 4) is 5.75 Å². The zero-order chi connectivity index (χ0) is 9.68. The van der Waals surface area contributed by atoms with Crippen LogP contribution in [0.1, 0.15) is 0 Å². The van der Waals surface area contributed by atoms with Crippen LogP contribution in [0.4, 0.5) is 0 Å². The molecule has 0 amide bonds. The molecule has 0 heterocycles. The number of hydrogen-bond acceptors (Lipinski definition) is 2. The molecule has 0 aliphatic heterocycles. The Hall–Kier alpha value is -0.450. The second-order valence-corrected chi connectivity index (χ2v) is 3.82. The molecule has 1 aromatic carbocycles. The van der Waals surface area contributed by atoms with Crippen molar-refractivity contribution in [2.24, 2.45) is 0 Å². The van der Waals surface area contributed by atoms with E-state index in [1.807, 2.05) is 0 Å². The van der Waals surface area contributed by atoms with E-state index in [1.54, 1.807) is 24.3 Å². The third-order valence-corrected chi connectivity index (χ3v) is 1.83. The monoisotopic (exact) mass is 233 g/mol. The second-order valence-electron chi connectivity index (χ2n) is 2.22. The van der Waals surface area contributed by atoms with E-state index >= 15 is 0 Å². The Morgan fingerprint density at radius 2 is 2.08 bits per heavy atom. The minimum atomic E-state index is 0.309. The summed E-state index contributed by atoms with van der Waals surface area (Å²) in [4.78, 5) is 0. The average Bonchev–Trinajstić information content (AvgIpc) is 2.08. The lowest BCUT2D eigenvalue weighted by Crippen LogP contribution is -2.21. The minimum Gasteiger partial charge on any atom is -0.473 e. The van der Waals surface area contributed by atoms with Gasteiger partial charge in [-0.15, -0.1) is 12.6 Å². The van der Waals surface area contributed by atoms with Gasteiger partial charge in [0.1, 0.15) is 10.1 Å². The van der Waals surface area contributed by atoms with E-state index in [2.05, 4.69) is 30.2 Å². The molecular formula is C8H8ClNOS2. The Labute approximate surface area is 92.6 Å². The summed E-state index contributed by atoms with van der Waals surface area (Å²) >= 11 is 14.3. The fraction of sp³-hybridized carbons (Fsp3) is 0.125. The maximum atomic E-state index is 5.69. The zero-order valence-electron chi connectivity index (χ0n) is 6.66. The van der Waals surface area contributed by atoms with Crippen molar-refractivity contribution in [1.29, 1.82) is 0 Å². The van der Waals surface area contributed by atoms with Gasteiger partial charge < -0.3 is 10.1 Å². The number of thiocarbonyl (C=S) groups is 1. The van der Waals surface area contributed by atoms with Crippen LogP contribution in [0.3, 0.4) is 0 Å². The third-order valence-electron chi connectivity index (χ3n) is 1.28. The molecule has 0 bridgehead atoms. The van der Waals surface area contributed by atoms with Crippen molar-refractivity contribution in [1.82, 2.24) is 5.32 Å². The molecule has 1 rings (SSSR count). The molecule has 0 aliphatic carbocycles. The molecule has 13 heavy (non-hydrogen) atoms. The maximum absolute atomic E-state index is 5.69. The van der Waals surface area contributed by atoms with Crippen LogP contribution in [-0.2, 0) is 0 Å². The minimum absolute atomic E-state index is 0.309. The van der Waals surface area contributed by atoms with Crippen molar-refractivity contribution in [2.45, 2.75) is 0 Å². The van der Waals surface area contributed by atoms with E-state index < -0.39 is 0 Å². The molecule has 0 aliphatic rings. The Kier molecular flexibility index (Phi) is 4.35. The average molecular weight is 234 g/mol. The maximum Gasteiger partial charge on any atom is 0.160 e. The lowest BCUT2D eigenvalue weighted by molar-refractivity contribution is 0.311. The van der Waals surface area contributed by atoms with E-state index in [9.17, 15) is 0 Å². The molecule has 0 spiro atoms. The van der Waals surface area contributed by atoms with Gasteiger partial charge in [-0.1, -0.05) is 23.8 Å². The molecule has 0 unspecified atom stereocenters. The van der Waals surface area contributed by atoms with E-state index in [4.69, 9.17) is 16.3 Å². The Morgan fingerprint density at radius 3 is 2.62 bits per heavy atom. The standard InChI is InChI=1S/C8H8ClNOS2/c9-6-1-3-7(4-2-6)11-5-10-8(12)13/h1-4H,5H2,(H2,10,12,13). The van der Waals surface area contributed by atoms with Crippen LogP contribution >= 0.6 is 36.4 Å². The first-order chi connectivity index (χ1) is 6.18. The van der Waals surface area contributed by atoms with Gasteiger partial charge in [0.15, 0.2) is 6.73 Å². The molecule has 5 heteroatoms. The van der Waals surface area contributed by atoms with E-state index in [-0.39, 0.29) is 0 Å². The number of benzene rings is 1. The van der Waals surface area contributed by atoms with Crippen molar-refractivity contribution >= 4 is 40.8 Å². The highest BCUT2D eigenvalue weighted by molar-refractivity contribution is 8.11. The Bertz CT molecular complexity index is 289. The first-order valence-corrected chi connectivity index (χ1v) is 4.77. The molecule has 1 aromatic rings. The fourth-order valence-corrected chi connectivity index (χ4v) is 0.961. The molecular weight excluding hydrogens is 226 g/mol. The van der Waals surface area contributed by atoms with Crippen molar-refractivity contribution < 1.29 is 4.74 Å². The van der Waals surface area contributed by atoms with Crippen molar-refractivity contribution in [3.05, 3.63) is 29.3 Å². The van der Waals surface area contributed by atoms with Crippen LogP contribution in [0.15, 0.2) is 24.3 Å². The first-order valence-electron chi connectivity index (χ1n) is 3.53. The van der Waals surface area contributed by atoms with E-state index in [1.165, 1.54) is 0 Å². The van der Waals surface area contributed by atoms with Gasteiger partial charge in [0.05, 0.1) is 0 Å². The molecule has 0 fully saturated rings. The van der Waals surface area contributed by atoms with Crippen LogP contribution in [0, 0.1) is 0 Å². The summed E-state index contributed by atoms with van der Waals surface area (Å²) < 4.78 is 5.68. The summed E-state index contributed by atoms with van der Waals surface area (Å²) in [7, 11) is 0. The quantitative estimate of drug-likeness (QED) is 0.476. The predicted octanol–water partition coefficient (Wildman–Crippen LogP) is 2.48. The number of nitrogens with one attached hydrogen (secondary N) is 1. The smallest absolute Gasteiger partial charge is 0.160 e. The molecule has 0 radical (unpaired) electrons. The first kappa shape index (κ1) is 10.6. The van der Waals surface area contributed by atoms with Crippen LogP contribution in [-0.4, -0.2) is 11.1 Å². The van der Waals surface area contributed by atoms with Gasteiger partial charge in [-0.05, 0) is 24.3 Å². The normalized spacial score (nSPS) is 9.38. The largest absolute Gasteiger partial charge is 0.473 e. The van der Waals surface area contributed by atoms with Gasteiger partial charge in [0.2, 0.25) is 0 Å². The van der Waals surface area contributed by atoms with Gasteiger partial charge in [-0.3, -0.25) is 0 Å². The summed E-state index contributed by atoms with van der Waals surface area (Å²) in [5.41, 5.74) is 0. The molecule has 70 valence electrons. The fourth-order valence-electron chi connectivity index (χ4n) is 0.712. The van der Waals surface area contributed by atoms with E-state index in [0.29, 0.717) is 16.1 Å². The molecule has 0 saturated heterocycles. The van der Waals surface area contributed by atoms with Gasteiger partial charge in [-0.2, -0.15) is 0 Å². The number of ether oxygens (including phenoxy) is 1. The van der Waals surface area contributed by atoms with Gasteiger partial charge >= 0.3 is 0 Å². The van der Waals surface area contributed by atoms with Crippen molar-refractivity contribution in [2.75, 3.05) is 6.73 Å².